The molecule has 2 N–H and O–H groups in total. The van der Waals surface area contributed by atoms with Crippen molar-refractivity contribution in [2.24, 2.45) is 0 Å². The third-order valence-electron chi connectivity index (χ3n) is 11.1. The monoisotopic (exact) mass is 1030 g/mol. The van der Waals surface area contributed by atoms with Gasteiger partial charge in [-0.3, -0.25) is 23.4 Å². The van der Waals surface area contributed by atoms with Crippen LogP contribution in [0.15, 0.2) is 109 Å². The molecule has 0 aliphatic rings. The van der Waals surface area contributed by atoms with Crippen LogP contribution in [0.1, 0.15) is 213 Å². The number of unbranched alkanes of at least 4 members (excludes halogenated alkanes) is 15. The van der Waals surface area contributed by atoms with E-state index in [0.717, 1.165) is 154 Å². The first kappa shape index (κ1) is 68.1. The van der Waals surface area contributed by atoms with E-state index >= 15 is 0 Å². The molecule has 0 aromatic rings. The van der Waals surface area contributed by atoms with Crippen molar-refractivity contribution in [2.75, 3.05) is 26.4 Å². The van der Waals surface area contributed by atoms with Gasteiger partial charge in [0.25, 0.3) is 0 Å². The third kappa shape index (κ3) is 51.1. The van der Waals surface area contributed by atoms with Crippen molar-refractivity contribution in [1.82, 2.24) is 0 Å². The molecule has 0 fully saturated rings. The predicted octanol–water partition coefficient (Wildman–Crippen LogP) is 16.2. The van der Waals surface area contributed by atoms with E-state index in [-0.39, 0.29) is 25.9 Å². The molecule has 0 aromatic carbocycles. The quantitative estimate of drug-likeness (QED) is 0.0197. The van der Waals surface area contributed by atoms with E-state index in [0.29, 0.717) is 19.3 Å². The Labute approximate surface area is 437 Å². The summed E-state index contributed by atoms with van der Waals surface area (Å²) < 4.78 is 39.4. The first-order valence-corrected chi connectivity index (χ1v) is 29.3. The standard InChI is InChI=1S/C60H99O11P/c1-4-7-10-13-16-19-22-25-27-28-30-33-36-39-42-45-48-51-60(64)71-57(53-67-58(62)49-46-43-40-37-34-32-29-26-23-20-17-14-11-8-5-2)55-69-72(65,66)68-54-56(52-61)70-59(63)50-47-44-41-38-35-31-24-21-18-15-12-9-6-3/h7-8,10-12,15-17,19-21,24-27,29-30,33,56-57,61H,4-6,9,13-14,18,22-23,28,31-32,34-55H2,1-3H3,(H,65,66)/b10-7-,11-8-,15-12-,19-16-,20-17-,24-21-,27-25-,29-26-,33-30-. The lowest BCUT2D eigenvalue weighted by Gasteiger charge is -2.21. The normalized spacial score (nSPS) is 14.2. The Balaban J connectivity index is 4.83. The fraction of sp³-hybridized carbons (Fsp3) is 0.650. The topological polar surface area (TPSA) is 155 Å². The molecule has 0 spiro atoms. The summed E-state index contributed by atoms with van der Waals surface area (Å²) in [5.41, 5.74) is 0. The van der Waals surface area contributed by atoms with Crippen LogP contribution in [0.3, 0.4) is 0 Å². The molecule has 11 nitrogen and oxygen atoms in total. The summed E-state index contributed by atoms with van der Waals surface area (Å²) >= 11 is 0. The molecule has 0 aromatic heterocycles. The van der Waals surface area contributed by atoms with Gasteiger partial charge in [-0.1, -0.05) is 188 Å². The number of carbonyl (C=O) groups excluding carboxylic acids is 3. The summed E-state index contributed by atoms with van der Waals surface area (Å²) in [5, 5.41) is 9.80. The third-order valence-corrected chi connectivity index (χ3v) is 12.1. The van der Waals surface area contributed by atoms with Gasteiger partial charge in [0.05, 0.1) is 19.8 Å². The number of hydrogen-bond donors (Lipinski definition) is 2. The maximum Gasteiger partial charge on any atom is 0.472 e. The van der Waals surface area contributed by atoms with Gasteiger partial charge in [0, 0.05) is 19.3 Å². The summed E-state index contributed by atoms with van der Waals surface area (Å²) in [6.45, 7) is 4.27. The lowest BCUT2D eigenvalue weighted by Crippen LogP contribution is -2.30. The number of esters is 3. The Morgan fingerprint density at radius 1 is 0.403 bits per heavy atom. The zero-order valence-corrected chi connectivity index (χ0v) is 46.0. The second kappa shape index (κ2) is 53.4. The summed E-state index contributed by atoms with van der Waals surface area (Å²) in [5.74, 6) is -1.54. The van der Waals surface area contributed by atoms with Crippen LogP contribution in [0.25, 0.3) is 0 Å². The zero-order valence-electron chi connectivity index (χ0n) is 45.1. The molecule has 0 aliphatic carbocycles. The molecular weight excluding hydrogens is 928 g/mol. The highest BCUT2D eigenvalue weighted by atomic mass is 31.2. The maximum absolute atomic E-state index is 12.9. The van der Waals surface area contributed by atoms with Crippen molar-refractivity contribution in [1.29, 1.82) is 0 Å². The molecule has 12 heteroatoms. The van der Waals surface area contributed by atoms with Crippen LogP contribution < -0.4 is 0 Å². The van der Waals surface area contributed by atoms with Gasteiger partial charge in [-0.25, -0.2) is 4.57 Å². The van der Waals surface area contributed by atoms with Gasteiger partial charge in [-0.2, -0.15) is 0 Å². The molecule has 0 saturated carbocycles. The number of carbonyl (C=O) groups is 3. The number of phosphoric acid groups is 1. The maximum atomic E-state index is 12.9. The SMILES string of the molecule is CC/C=C\C/C=C\C/C=C\C/C=C\CCCCCCC(=O)OC(COC(=O)CCCCCCC/C=C\C/C=C\C/C=C\CC)COP(=O)(O)OCC(CO)OC(=O)CCCCCCC/C=C\C/C=C\CCC. The summed E-state index contributed by atoms with van der Waals surface area (Å²) in [4.78, 5) is 48.5. The van der Waals surface area contributed by atoms with Gasteiger partial charge in [-0.05, 0) is 116 Å². The van der Waals surface area contributed by atoms with E-state index in [4.69, 9.17) is 23.3 Å². The first-order chi connectivity index (χ1) is 35.2. The minimum absolute atomic E-state index is 0.129. The molecule has 0 saturated heterocycles. The van der Waals surface area contributed by atoms with Crippen molar-refractivity contribution in [3.8, 4) is 0 Å². The molecule has 0 amide bonds. The van der Waals surface area contributed by atoms with Gasteiger partial charge >= 0.3 is 25.7 Å². The van der Waals surface area contributed by atoms with E-state index < -0.39 is 57.8 Å². The van der Waals surface area contributed by atoms with Crippen LogP contribution in [0.4, 0.5) is 0 Å². The lowest BCUT2D eigenvalue weighted by molar-refractivity contribution is -0.161. The number of allylic oxidation sites excluding steroid dienone is 18. The molecule has 3 unspecified atom stereocenters. The number of phosphoric ester groups is 1. The van der Waals surface area contributed by atoms with Crippen molar-refractivity contribution in [2.45, 2.75) is 226 Å². The summed E-state index contributed by atoms with van der Waals surface area (Å²) in [6, 6.07) is 0. The molecule has 72 heavy (non-hydrogen) atoms. The summed E-state index contributed by atoms with van der Waals surface area (Å²) in [7, 11) is -4.77. The zero-order chi connectivity index (χ0) is 52.7. The van der Waals surface area contributed by atoms with Gasteiger partial charge in [0.2, 0.25) is 0 Å². The Hall–Kier alpha value is -3.86. The molecule has 0 heterocycles. The minimum atomic E-state index is -4.77. The van der Waals surface area contributed by atoms with E-state index in [2.05, 4.69) is 130 Å². The van der Waals surface area contributed by atoms with Crippen molar-refractivity contribution < 1.29 is 52.2 Å². The highest BCUT2D eigenvalue weighted by Crippen LogP contribution is 2.43. The number of aliphatic hydroxyl groups is 1. The van der Waals surface area contributed by atoms with Crippen LogP contribution in [-0.2, 0) is 42.2 Å². The highest BCUT2D eigenvalue weighted by Gasteiger charge is 2.28. The number of ether oxygens (including phenoxy) is 3. The molecule has 0 bridgehead atoms. The Kier molecular flexibility index (Phi) is 50.6. The predicted molar refractivity (Wildman–Crippen MR) is 297 cm³/mol. The van der Waals surface area contributed by atoms with E-state index in [9.17, 15) is 28.9 Å². The Morgan fingerprint density at radius 2 is 0.722 bits per heavy atom. The molecule has 0 rings (SSSR count). The van der Waals surface area contributed by atoms with Crippen molar-refractivity contribution >= 4 is 25.7 Å². The molecule has 3 atom stereocenters. The Bertz CT molecular complexity index is 1620. The van der Waals surface area contributed by atoms with E-state index in [1.54, 1.807) is 0 Å². The largest absolute Gasteiger partial charge is 0.472 e. The van der Waals surface area contributed by atoms with E-state index in [1.807, 2.05) is 0 Å². The second-order valence-electron chi connectivity index (χ2n) is 18.0. The highest BCUT2D eigenvalue weighted by molar-refractivity contribution is 7.47. The van der Waals surface area contributed by atoms with Crippen LogP contribution >= 0.6 is 7.82 Å². The van der Waals surface area contributed by atoms with Crippen molar-refractivity contribution in [3.05, 3.63) is 109 Å². The molecule has 0 radical (unpaired) electrons. The second-order valence-corrected chi connectivity index (χ2v) is 19.4. The average Bonchev–Trinajstić information content (AvgIpc) is 3.37. The van der Waals surface area contributed by atoms with Gasteiger partial charge in [0.15, 0.2) is 6.10 Å². The van der Waals surface area contributed by atoms with Crippen LogP contribution in [0.2, 0.25) is 0 Å². The van der Waals surface area contributed by atoms with Gasteiger partial charge in [-0.15, -0.1) is 0 Å². The van der Waals surface area contributed by atoms with Crippen LogP contribution in [0.5, 0.6) is 0 Å². The smallest absolute Gasteiger partial charge is 0.462 e. The number of aliphatic hydroxyl groups excluding tert-OH is 1. The van der Waals surface area contributed by atoms with Gasteiger partial charge < -0.3 is 24.2 Å². The van der Waals surface area contributed by atoms with Crippen LogP contribution in [-0.4, -0.2) is 66.5 Å². The first-order valence-electron chi connectivity index (χ1n) is 27.8. The molecular formula is C60H99O11P. The molecule has 0 aliphatic heterocycles. The number of rotatable bonds is 50. The number of hydrogen-bond acceptors (Lipinski definition) is 10. The minimum Gasteiger partial charge on any atom is -0.462 e. The van der Waals surface area contributed by atoms with Gasteiger partial charge in [0.1, 0.15) is 12.7 Å². The average molecular weight is 1030 g/mol. The van der Waals surface area contributed by atoms with E-state index in [1.165, 1.54) is 0 Å². The lowest BCUT2D eigenvalue weighted by atomic mass is 10.1. The van der Waals surface area contributed by atoms with Crippen LogP contribution in [0, 0.1) is 0 Å². The molecule has 410 valence electrons. The Morgan fingerprint density at radius 3 is 1.11 bits per heavy atom. The fourth-order valence-corrected chi connectivity index (χ4v) is 7.77. The fourth-order valence-electron chi connectivity index (χ4n) is 6.99. The van der Waals surface area contributed by atoms with Crippen molar-refractivity contribution in [3.63, 3.8) is 0 Å². The summed E-state index contributed by atoms with van der Waals surface area (Å²) in [6.07, 6.45) is 63.3.